The summed E-state index contributed by atoms with van der Waals surface area (Å²) in [5, 5.41) is 14.2. The largest absolute Gasteiger partial charge is 0.495 e. The Morgan fingerprint density at radius 2 is 1.84 bits per heavy atom. The zero-order valence-electron chi connectivity index (χ0n) is 17.3. The first-order valence-electron chi connectivity index (χ1n) is 9.37. The van der Waals surface area contributed by atoms with Crippen molar-refractivity contribution in [1.29, 1.82) is 0 Å². The second-order valence-corrected chi connectivity index (χ2v) is 7.62. The highest BCUT2D eigenvalue weighted by Gasteiger charge is 2.16. The van der Waals surface area contributed by atoms with Gasteiger partial charge in [-0.05, 0) is 42.8 Å². The van der Waals surface area contributed by atoms with Gasteiger partial charge >= 0.3 is 0 Å². The number of nitrogens with one attached hydrogen (secondary N) is 2. The molecule has 3 aromatic rings. The summed E-state index contributed by atoms with van der Waals surface area (Å²) in [6.45, 7) is 1.72. The van der Waals surface area contributed by atoms with Gasteiger partial charge < -0.3 is 19.9 Å². The Bertz CT molecular complexity index is 1100. The van der Waals surface area contributed by atoms with Crippen molar-refractivity contribution in [3.8, 4) is 5.75 Å². The van der Waals surface area contributed by atoms with E-state index in [4.69, 9.17) is 4.74 Å². The second-order valence-electron chi connectivity index (χ2n) is 6.68. The fraction of sp³-hybridized carbons (Fsp3) is 0.238. The van der Waals surface area contributed by atoms with E-state index in [1.165, 1.54) is 37.1 Å². The normalized spacial score (nSPS) is 10.6. The number of hydrogen-bond donors (Lipinski definition) is 2. The zero-order valence-corrected chi connectivity index (χ0v) is 18.1. The average Bonchev–Trinajstić information content (AvgIpc) is 3.08. The lowest BCUT2D eigenvalue weighted by atomic mass is 10.2. The van der Waals surface area contributed by atoms with E-state index in [0.29, 0.717) is 33.7 Å². The zero-order chi connectivity index (χ0) is 22.4. The summed E-state index contributed by atoms with van der Waals surface area (Å²) < 4.78 is 20.1. The summed E-state index contributed by atoms with van der Waals surface area (Å²) in [7, 11) is 3.26. The molecule has 0 unspecified atom stereocenters. The van der Waals surface area contributed by atoms with E-state index in [9.17, 15) is 14.0 Å². The van der Waals surface area contributed by atoms with Crippen LogP contribution < -0.4 is 15.4 Å². The van der Waals surface area contributed by atoms with E-state index in [0.717, 1.165) is 0 Å². The van der Waals surface area contributed by atoms with Crippen LogP contribution in [-0.2, 0) is 23.1 Å². The number of para-hydroxylation sites is 2. The number of halogens is 1. The Hall–Kier alpha value is -3.40. The number of thioether (sulfide) groups is 1. The molecule has 0 aliphatic rings. The van der Waals surface area contributed by atoms with Gasteiger partial charge in [-0.25, -0.2) is 4.39 Å². The molecule has 0 bridgehead atoms. The summed E-state index contributed by atoms with van der Waals surface area (Å²) in [6, 6.07) is 11.3. The van der Waals surface area contributed by atoms with Crippen molar-refractivity contribution in [2.75, 3.05) is 23.5 Å². The van der Waals surface area contributed by atoms with Gasteiger partial charge in [-0.3, -0.25) is 9.59 Å². The van der Waals surface area contributed by atoms with Gasteiger partial charge in [0.2, 0.25) is 11.8 Å². The summed E-state index contributed by atoms with van der Waals surface area (Å²) in [6.07, 6.45) is 0.0169. The summed E-state index contributed by atoms with van der Waals surface area (Å²) in [4.78, 5) is 24.6. The molecule has 0 saturated carbocycles. The van der Waals surface area contributed by atoms with Gasteiger partial charge in [0.05, 0.1) is 25.0 Å². The Morgan fingerprint density at radius 3 is 2.58 bits per heavy atom. The van der Waals surface area contributed by atoms with Crippen molar-refractivity contribution in [2.24, 2.45) is 7.05 Å². The number of amides is 2. The number of aryl methyl sites for hydroxylation is 1. The molecule has 0 radical (unpaired) electrons. The number of benzene rings is 2. The van der Waals surface area contributed by atoms with E-state index in [1.807, 2.05) is 6.07 Å². The van der Waals surface area contributed by atoms with Crippen molar-refractivity contribution < 1.29 is 18.7 Å². The lowest BCUT2D eigenvalue weighted by Gasteiger charge is -2.10. The number of ether oxygens (including phenoxy) is 1. The van der Waals surface area contributed by atoms with Crippen LogP contribution in [-0.4, -0.2) is 39.4 Å². The molecule has 31 heavy (non-hydrogen) atoms. The smallest absolute Gasteiger partial charge is 0.234 e. The third kappa shape index (κ3) is 5.82. The Kier molecular flexibility index (Phi) is 7.24. The van der Waals surface area contributed by atoms with Crippen molar-refractivity contribution in [3.05, 3.63) is 59.7 Å². The third-order valence-corrected chi connectivity index (χ3v) is 5.44. The van der Waals surface area contributed by atoms with Crippen molar-refractivity contribution in [3.63, 3.8) is 0 Å². The molecule has 0 aliphatic heterocycles. The molecule has 2 amide bonds. The molecule has 0 saturated heterocycles. The quantitative estimate of drug-likeness (QED) is 0.519. The minimum atomic E-state index is -0.355. The topological polar surface area (TPSA) is 98.1 Å². The number of nitrogens with zero attached hydrogens (tertiary/aromatic N) is 3. The molecule has 0 atom stereocenters. The molecule has 8 nitrogen and oxygen atoms in total. The number of hydrogen-bond acceptors (Lipinski definition) is 6. The van der Waals surface area contributed by atoms with Gasteiger partial charge in [-0.15, -0.1) is 10.2 Å². The van der Waals surface area contributed by atoms with Crippen LogP contribution in [0.15, 0.2) is 47.6 Å². The minimum absolute atomic E-state index is 0.0169. The molecule has 0 fully saturated rings. The highest BCUT2D eigenvalue weighted by molar-refractivity contribution is 7.99. The number of carbonyl (C=O) groups excluding carboxylic acids is 2. The summed E-state index contributed by atoms with van der Waals surface area (Å²) in [5.41, 5.74) is 1.76. The number of carbonyl (C=O) groups is 2. The highest BCUT2D eigenvalue weighted by atomic mass is 32.2. The lowest BCUT2D eigenvalue weighted by molar-refractivity contribution is -0.116. The summed E-state index contributed by atoms with van der Waals surface area (Å²) >= 11 is 1.19. The maximum atomic E-state index is 13.2. The van der Waals surface area contributed by atoms with E-state index in [2.05, 4.69) is 20.8 Å². The number of aromatic nitrogens is 3. The van der Waals surface area contributed by atoms with Gasteiger partial charge in [0.15, 0.2) is 5.16 Å². The molecule has 2 aromatic carbocycles. The van der Waals surface area contributed by atoms with Crippen LogP contribution in [0.5, 0.6) is 5.75 Å². The van der Waals surface area contributed by atoms with E-state index in [-0.39, 0.29) is 29.8 Å². The van der Waals surface area contributed by atoms with Crippen molar-refractivity contribution >= 4 is 35.0 Å². The van der Waals surface area contributed by atoms with Crippen LogP contribution in [0.3, 0.4) is 0 Å². The van der Waals surface area contributed by atoms with Crippen molar-refractivity contribution in [1.82, 2.24) is 14.8 Å². The number of anilines is 2. The molecule has 0 aliphatic carbocycles. The fourth-order valence-corrected chi connectivity index (χ4v) is 3.52. The van der Waals surface area contributed by atoms with Gasteiger partial charge in [-0.2, -0.15) is 0 Å². The van der Waals surface area contributed by atoms with Crippen LogP contribution in [0.4, 0.5) is 15.8 Å². The molecular formula is C21H22FN5O3S. The fourth-order valence-electron chi connectivity index (χ4n) is 2.79. The third-order valence-electron chi connectivity index (χ3n) is 4.42. The van der Waals surface area contributed by atoms with Gasteiger partial charge in [0.25, 0.3) is 0 Å². The van der Waals surface area contributed by atoms with Gasteiger partial charge in [-0.1, -0.05) is 23.9 Å². The van der Waals surface area contributed by atoms with Crippen LogP contribution in [0, 0.1) is 12.7 Å². The number of rotatable bonds is 8. The molecule has 0 spiro atoms. The average molecular weight is 444 g/mol. The SMILES string of the molecule is COc1ccccc1NC(=O)Cc1nnc(SCC(=O)Nc2ccc(F)cc2C)n1C. The van der Waals surface area contributed by atoms with E-state index >= 15 is 0 Å². The van der Waals surface area contributed by atoms with Crippen molar-refractivity contribution in [2.45, 2.75) is 18.5 Å². The van der Waals surface area contributed by atoms with Gasteiger partial charge in [0.1, 0.15) is 17.4 Å². The van der Waals surface area contributed by atoms with Gasteiger partial charge in [0, 0.05) is 12.7 Å². The molecule has 2 N–H and O–H groups in total. The monoisotopic (exact) mass is 443 g/mol. The predicted octanol–water partition coefficient (Wildman–Crippen LogP) is 3.18. The van der Waals surface area contributed by atoms with E-state index < -0.39 is 0 Å². The predicted molar refractivity (Wildman–Crippen MR) is 117 cm³/mol. The van der Waals surface area contributed by atoms with Crippen LogP contribution in [0.25, 0.3) is 0 Å². The highest BCUT2D eigenvalue weighted by Crippen LogP contribution is 2.23. The second kappa shape index (κ2) is 10.1. The van der Waals surface area contributed by atoms with Crippen LogP contribution in [0.2, 0.25) is 0 Å². The molecule has 162 valence electrons. The molecular weight excluding hydrogens is 421 g/mol. The lowest BCUT2D eigenvalue weighted by Crippen LogP contribution is -2.17. The maximum Gasteiger partial charge on any atom is 0.234 e. The molecule has 3 rings (SSSR count). The number of methoxy groups -OCH3 is 1. The maximum absolute atomic E-state index is 13.2. The molecule has 10 heteroatoms. The standard InChI is InChI=1S/C21H22FN5O3S/c1-13-10-14(22)8-9-15(13)23-20(29)12-31-21-26-25-18(27(21)2)11-19(28)24-16-6-4-5-7-17(16)30-3/h4-10H,11-12H2,1-3H3,(H,23,29)(H,24,28). The van der Waals surface area contributed by atoms with Crippen LogP contribution in [0.1, 0.15) is 11.4 Å². The summed E-state index contributed by atoms with van der Waals surface area (Å²) in [5.74, 6) is 0.249. The first-order chi connectivity index (χ1) is 14.9. The Labute approximate surface area is 183 Å². The first kappa shape index (κ1) is 22.3. The Morgan fingerprint density at radius 1 is 1.10 bits per heavy atom. The molecule has 1 heterocycles. The van der Waals surface area contributed by atoms with Crippen LogP contribution >= 0.6 is 11.8 Å². The minimum Gasteiger partial charge on any atom is -0.495 e. The van der Waals surface area contributed by atoms with E-state index in [1.54, 1.807) is 36.7 Å². The molecule has 1 aromatic heterocycles. The first-order valence-corrected chi connectivity index (χ1v) is 10.4. The Balaban J connectivity index is 1.56.